The lowest BCUT2D eigenvalue weighted by Crippen LogP contribution is -2.44. The summed E-state index contributed by atoms with van der Waals surface area (Å²) in [5, 5.41) is 11.0. The standard InChI is InChI=1S/C21H15N3O5S2/c1-12-5-7-14(8-6-12)22-18(25)11-16(19(22)26)23-20(27)17(31-21(23)30)10-13-3-2-4-15(9-13)24(28)29/h2-10,16H,11H2,1H3. The fourth-order valence-corrected chi connectivity index (χ4v) is 4.77. The highest BCUT2D eigenvalue weighted by molar-refractivity contribution is 8.26. The normalized spacial score (nSPS) is 20.3. The number of thioether (sulfide) groups is 1. The summed E-state index contributed by atoms with van der Waals surface area (Å²) < 4.78 is 0.165. The average molecular weight is 454 g/mol. The molecule has 1 atom stereocenters. The van der Waals surface area contributed by atoms with Crippen molar-refractivity contribution in [2.45, 2.75) is 19.4 Å². The Bertz CT molecular complexity index is 1180. The van der Waals surface area contributed by atoms with Gasteiger partial charge in [0.2, 0.25) is 5.91 Å². The second-order valence-electron chi connectivity index (χ2n) is 7.03. The van der Waals surface area contributed by atoms with Gasteiger partial charge < -0.3 is 0 Å². The molecule has 2 aliphatic rings. The van der Waals surface area contributed by atoms with E-state index in [-0.39, 0.29) is 21.3 Å². The van der Waals surface area contributed by atoms with Crippen LogP contribution in [0.1, 0.15) is 17.5 Å². The maximum Gasteiger partial charge on any atom is 0.270 e. The number of amides is 3. The van der Waals surface area contributed by atoms with E-state index in [0.717, 1.165) is 27.1 Å². The van der Waals surface area contributed by atoms with Crippen molar-refractivity contribution < 1.29 is 19.3 Å². The Balaban J connectivity index is 1.60. The Hall–Kier alpha value is -3.37. The lowest BCUT2D eigenvalue weighted by molar-refractivity contribution is -0.384. The molecule has 0 aromatic heterocycles. The largest absolute Gasteiger partial charge is 0.280 e. The summed E-state index contributed by atoms with van der Waals surface area (Å²) in [5.74, 6) is -1.42. The Kier molecular flexibility index (Phi) is 5.42. The smallest absolute Gasteiger partial charge is 0.270 e. The van der Waals surface area contributed by atoms with Crippen molar-refractivity contribution in [1.29, 1.82) is 0 Å². The second kappa shape index (κ2) is 8.05. The minimum Gasteiger partial charge on any atom is -0.280 e. The highest BCUT2D eigenvalue weighted by atomic mass is 32.2. The van der Waals surface area contributed by atoms with E-state index in [9.17, 15) is 24.5 Å². The fourth-order valence-electron chi connectivity index (χ4n) is 3.41. The number of aryl methyl sites for hydroxylation is 1. The molecule has 1 unspecified atom stereocenters. The summed E-state index contributed by atoms with van der Waals surface area (Å²) in [6, 6.07) is 11.8. The van der Waals surface area contributed by atoms with Gasteiger partial charge in [-0.2, -0.15) is 0 Å². The lowest BCUT2D eigenvalue weighted by Gasteiger charge is -2.21. The van der Waals surface area contributed by atoms with Gasteiger partial charge in [0.15, 0.2) is 0 Å². The second-order valence-corrected chi connectivity index (χ2v) is 8.70. The molecule has 10 heteroatoms. The van der Waals surface area contributed by atoms with E-state index in [4.69, 9.17) is 12.2 Å². The topological polar surface area (TPSA) is 101 Å². The summed E-state index contributed by atoms with van der Waals surface area (Å²) in [6.07, 6.45) is 1.33. The van der Waals surface area contributed by atoms with Gasteiger partial charge in [-0.1, -0.05) is 53.8 Å². The van der Waals surface area contributed by atoms with Crippen LogP contribution in [0.15, 0.2) is 53.4 Å². The Morgan fingerprint density at radius 2 is 1.87 bits per heavy atom. The molecule has 2 aliphatic heterocycles. The number of nitro benzene ring substituents is 1. The molecule has 2 heterocycles. The van der Waals surface area contributed by atoms with Gasteiger partial charge in [0.1, 0.15) is 10.4 Å². The monoisotopic (exact) mass is 453 g/mol. The van der Waals surface area contributed by atoms with E-state index >= 15 is 0 Å². The molecule has 4 rings (SSSR count). The molecule has 2 aromatic carbocycles. The van der Waals surface area contributed by atoms with Gasteiger partial charge in [0.05, 0.1) is 21.9 Å². The highest BCUT2D eigenvalue weighted by Crippen LogP contribution is 2.37. The maximum absolute atomic E-state index is 13.0. The third-order valence-electron chi connectivity index (χ3n) is 4.93. The van der Waals surface area contributed by atoms with Crippen LogP contribution >= 0.6 is 24.0 Å². The van der Waals surface area contributed by atoms with Crippen molar-refractivity contribution >= 4 is 63.5 Å². The molecule has 0 saturated carbocycles. The molecular formula is C21H15N3O5S2. The van der Waals surface area contributed by atoms with Crippen LogP contribution in [-0.4, -0.2) is 37.9 Å². The number of carbonyl (C=O) groups is 3. The number of hydrogen-bond donors (Lipinski definition) is 0. The third-order valence-corrected chi connectivity index (χ3v) is 6.26. The van der Waals surface area contributed by atoms with Crippen LogP contribution in [0, 0.1) is 17.0 Å². The third kappa shape index (κ3) is 3.87. The summed E-state index contributed by atoms with van der Waals surface area (Å²) in [6.45, 7) is 1.90. The van der Waals surface area contributed by atoms with E-state index in [0.29, 0.717) is 11.3 Å². The number of benzene rings is 2. The van der Waals surface area contributed by atoms with E-state index in [2.05, 4.69) is 0 Å². The van der Waals surface area contributed by atoms with Crippen LogP contribution in [0.5, 0.6) is 0 Å². The molecule has 0 aliphatic carbocycles. The number of carbonyl (C=O) groups excluding carboxylic acids is 3. The van der Waals surface area contributed by atoms with Gasteiger partial charge in [-0.05, 0) is 30.7 Å². The number of nitrogens with zero attached hydrogens (tertiary/aromatic N) is 3. The Morgan fingerprint density at radius 1 is 1.16 bits per heavy atom. The molecular weight excluding hydrogens is 438 g/mol. The summed E-state index contributed by atoms with van der Waals surface area (Å²) in [5.41, 5.74) is 1.79. The highest BCUT2D eigenvalue weighted by Gasteiger charge is 2.48. The molecule has 2 saturated heterocycles. The SMILES string of the molecule is Cc1ccc(N2C(=O)CC(N3C(=O)C(=Cc4cccc([N+](=O)[O-])c4)SC3=S)C2=O)cc1. The van der Waals surface area contributed by atoms with Gasteiger partial charge in [-0.3, -0.25) is 29.4 Å². The zero-order valence-electron chi connectivity index (χ0n) is 16.2. The van der Waals surface area contributed by atoms with Gasteiger partial charge in [-0.15, -0.1) is 0 Å². The first kappa shape index (κ1) is 20.9. The van der Waals surface area contributed by atoms with E-state index in [1.807, 2.05) is 6.92 Å². The number of thiocarbonyl (C=S) groups is 1. The van der Waals surface area contributed by atoms with Crippen molar-refractivity contribution in [3.8, 4) is 0 Å². The quantitative estimate of drug-likeness (QED) is 0.230. The predicted octanol–water partition coefficient (Wildman–Crippen LogP) is 3.44. The van der Waals surface area contributed by atoms with Crippen molar-refractivity contribution in [2.75, 3.05) is 4.90 Å². The van der Waals surface area contributed by atoms with Crippen molar-refractivity contribution in [2.24, 2.45) is 0 Å². The van der Waals surface area contributed by atoms with Crippen LogP contribution < -0.4 is 4.90 Å². The van der Waals surface area contributed by atoms with Gasteiger partial charge >= 0.3 is 0 Å². The molecule has 156 valence electrons. The number of imide groups is 1. The number of non-ortho nitro benzene ring substituents is 1. The van der Waals surface area contributed by atoms with Crippen LogP contribution in [0.4, 0.5) is 11.4 Å². The van der Waals surface area contributed by atoms with Gasteiger partial charge in [0.25, 0.3) is 17.5 Å². The summed E-state index contributed by atoms with van der Waals surface area (Å²) in [4.78, 5) is 51.5. The van der Waals surface area contributed by atoms with Crippen molar-refractivity contribution in [1.82, 2.24) is 4.90 Å². The van der Waals surface area contributed by atoms with Crippen LogP contribution in [-0.2, 0) is 14.4 Å². The fraction of sp³-hybridized carbons (Fsp3) is 0.143. The molecule has 8 nitrogen and oxygen atoms in total. The average Bonchev–Trinajstić information content (AvgIpc) is 3.17. The molecule has 0 N–H and O–H groups in total. The van der Waals surface area contributed by atoms with Gasteiger partial charge in [0, 0.05) is 12.1 Å². The lowest BCUT2D eigenvalue weighted by atomic mass is 10.1. The molecule has 31 heavy (non-hydrogen) atoms. The number of nitro groups is 1. The van der Waals surface area contributed by atoms with E-state index < -0.39 is 28.7 Å². The first-order valence-electron chi connectivity index (χ1n) is 9.21. The zero-order valence-corrected chi connectivity index (χ0v) is 17.8. The molecule has 0 bridgehead atoms. The summed E-state index contributed by atoms with van der Waals surface area (Å²) >= 11 is 6.31. The van der Waals surface area contributed by atoms with Crippen molar-refractivity contribution in [3.05, 3.63) is 74.7 Å². The Labute approximate surface area is 186 Å². The number of anilines is 1. The van der Waals surface area contributed by atoms with Crippen LogP contribution in [0.3, 0.4) is 0 Å². The number of rotatable bonds is 4. The minimum absolute atomic E-state index is 0.102. The minimum atomic E-state index is -1.02. The zero-order chi connectivity index (χ0) is 22.3. The first-order chi connectivity index (χ1) is 14.8. The van der Waals surface area contributed by atoms with Crippen LogP contribution in [0.2, 0.25) is 0 Å². The Morgan fingerprint density at radius 3 is 2.55 bits per heavy atom. The molecule has 0 radical (unpaired) electrons. The molecule has 0 spiro atoms. The number of hydrogen-bond acceptors (Lipinski definition) is 7. The molecule has 2 fully saturated rings. The van der Waals surface area contributed by atoms with E-state index in [1.54, 1.807) is 30.3 Å². The van der Waals surface area contributed by atoms with E-state index in [1.165, 1.54) is 24.3 Å². The molecule has 3 amide bonds. The predicted molar refractivity (Wildman–Crippen MR) is 120 cm³/mol. The molecule has 2 aromatic rings. The summed E-state index contributed by atoms with van der Waals surface area (Å²) in [7, 11) is 0. The van der Waals surface area contributed by atoms with Crippen LogP contribution in [0.25, 0.3) is 6.08 Å². The first-order valence-corrected chi connectivity index (χ1v) is 10.4. The maximum atomic E-state index is 13.0. The van der Waals surface area contributed by atoms with Crippen molar-refractivity contribution in [3.63, 3.8) is 0 Å². The van der Waals surface area contributed by atoms with Gasteiger partial charge in [-0.25, -0.2) is 4.90 Å².